The first-order valence-corrected chi connectivity index (χ1v) is 9.44. The largest absolute Gasteiger partial charge is 0.393 e. The van der Waals surface area contributed by atoms with E-state index in [-0.39, 0.29) is 22.8 Å². The van der Waals surface area contributed by atoms with Gasteiger partial charge in [-0.25, -0.2) is 25.5 Å². The molecule has 0 aromatic heterocycles. The SMILES string of the molecule is CN(CCC(N)=S)S(=O)(=O)c1cc(S(C)(=O)=O)ccc1F. The Morgan fingerprint density at radius 2 is 1.90 bits per heavy atom. The molecule has 0 amide bonds. The van der Waals surface area contributed by atoms with Crippen LogP contribution in [0, 0.1) is 5.82 Å². The maximum absolute atomic E-state index is 13.8. The van der Waals surface area contributed by atoms with E-state index in [1.165, 1.54) is 7.05 Å². The molecular weight excluding hydrogens is 339 g/mol. The van der Waals surface area contributed by atoms with Gasteiger partial charge < -0.3 is 5.73 Å². The van der Waals surface area contributed by atoms with E-state index in [9.17, 15) is 21.2 Å². The Morgan fingerprint density at radius 3 is 2.38 bits per heavy atom. The van der Waals surface area contributed by atoms with Crippen molar-refractivity contribution < 1.29 is 21.2 Å². The molecule has 10 heteroatoms. The number of hydrogen-bond donors (Lipinski definition) is 1. The predicted molar refractivity (Wildman–Crippen MR) is 80.7 cm³/mol. The van der Waals surface area contributed by atoms with Crippen LogP contribution >= 0.6 is 12.2 Å². The molecule has 0 spiro atoms. The maximum atomic E-state index is 13.8. The standard InChI is InChI=1S/C11H15FN2O4S3/c1-14(6-5-11(13)19)21(17,18)10-7-8(20(2,15)16)3-4-9(10)12/h3-4,7H,5-6H2,1-2H3,(H2,13,19). The minimum atomic E-state index is -4.17. The molecule has 6 nitrogen and oxygen atoms in total. The number of rotatable bonds is 6. The van der Waals surface area contributed by atoms with Crippen LogP contribution in [0.3, 0.4) is 0 Å². The van der Waals surface area contributed by atoms with Crippen LogP contribution in [-0.2, 0) is 19.9 Å². The monoisotopic (exact) mass is 354 g/mol. The molecule has 0 saturated carbocycles. The van der Waals surface area contributed by atoms with Gasteiger partial charge in [0, 0.05) is 26.3 Å². The van der Waals surface area contributed by atoms with Crippen LogP contribution in [0.1, 0.15) is 6.42 Å². The number of halogens is 1. The zero-order chi connectivity index (χ0) is 16.4. The third kappa shape index (κ3) is 4.43. The van der Waals surface area contributed by atoms with Gasteiger partial charge in [-0.2, -0.15) is 0 Å². The third-order valence-corrected chi connectivity index (χ3v) is 5.88. The lowest BCUT2D eigenvalue weighted by Crippen LogP contribution is -2.30. The van der Waals surface area contributed by atoms with Crippen LogP contribution in [0.15, 0.2) is 28.0 Å². The second-order valence-corrected chi connectivity index (χ2v) is 8.96. The summed E-state index contributed by atoms with van der Waals surface area (Å²) < 4.78 is 62.0. The van der Waals surface area contributed by atoms with Gasteiger partial charge in [-0.15, -0.1) is 0 Å². The molecule has 0 bridgehead atoms. The third-order valence-electron chi connectivity index (χ3n) is 2.69. The summed E-state index contributed by atoms with van der Waals surface area (Å²) in [4.78, 5) is -0.844. The summed E-state index contributed by atoms with van der Waals surface area (Å²) >= 11 is 4.65. The first kappa shape index (κ1) is 18.0. The van der Waals surface area contributed by atoms with Crippen molar-refractivity contribution in [3.8, 4) is 0 Å². The molecule has 0 heterocycles. The van der Waals surface area contributed by atoms with Crippen molar-refractivity contribution in [2.75, 3.05) is 19.8 Å². The minimum Gasteiger partial charge on any atom is -0.393 e. The fourth-order valence-corrected chi connectivity index (χ4v) is 3.54. The molecule has 1 aromatic carbocycles. The van der Waals surface area contributed by atoms with Crippen LogP contribution < -0.4 is 5.73 Å². The summed E-state index contributed by atoms with van der Waals surface area (Å²) in [5.74, 6) is -1.02. The molecular formula is C11H15FN2O4S3. The van der Waals surface area contributed by atoms with Gasteiger partial charge >= 0.3 is 0 Å². The van der Waals surface area contributed by atoms with Crippen LogP contribution in [-0.4, -0.2) is 46.0 Å². The van der Waals surface area contributed by atoms with E-state index in [0.29, 0.717) is 0 Å². The Bertz CT molecular complexity index is 760. The molecule has 0 aliphatic rings. The smallest absolute Gasteiger partial charge is 0.245 e. The van der Waals surface area contributed by atoms with E-state index in [1.54, 1.807) is 0 Å². The van der Waals surface area contributed by atoms with E-state index in [1.807, 2.05) is 0 Å². The highest BCUT2D eigenvalue weighted by Gasteiger charge is 2.26. The second-order valence-electron chi connectivity index (χ2n) is 4.41. The summed E-state index contributed by atoms with van der Waals surface area (Å²) in [6, 6.07) is 2.63. The van der Waals surface area contributed by atoms with Gasteiger partial charge in [0.05, 0.1) is 9.88 Å². The van der Waals surface area contributed by atoms with Gasteiger partial charge in [0.15, 0.2) is 9.84 Å². The Kier molecular flexibility index (Phi) is 5.42. The molecule has 0 atom stereocenters. The van der Waals surface area contributed by atoms with Crippen LogP contribution in [0.2, 0.25) is 0 Å². The topological polar surface area (TPSA) is 97.5 Å². The Morgan fingerprint density at radius 1 is 1.33 bits per heavy atom. The zero-order valence-corrected chi connectivity index (χ0v) is 13.9. The van der Waals surface area contributed by atoms with E-state index in [4.69, 9.17) is 5.73 Å². The van der Waals surface area contributed by atoms with Crippen molar-refractivity contribution in [3.63, 3.8) is 0 Å². The van der Waals surface area contributed by atoms with E-state index in [2.05, 4.69) is 12.2 Å². The normalized spacial score (nSPS) is 12.6. The quantitative estimate of drug-likeness (QED) is 0.591. The average molecular weight is 354 g/mol. The molecule has 21 heavy (non-hydrogen) atoms. The molecule has 0 saturated heterocycles. The number of hydrogen-bond acceptors (Lipinski definition) is 5. The lowest BCUT2D eigenvalue weighted by Gasteiger charge is -2.17. The summed E-state index contributed by atoms with van der Waals surface area (Å²) in [5.41, 5.74) is 5.29. The molecule has 0 fully saturated rings. The van der Waals surface area contributed by atoms with Crippen molar-refractivity contribution in [2.45, 2.75) is 16.2 Å². The van der Waals surface area contributed by atoms with Crippen molar-refractivity contribution in [2.24, 2.45) is 5.73 Å². The Hall–Kier alpha value is -1.10. The van der Waals surface area contributed by atoms with Gasteiger partial charge in [0.25, 0.3) is 0 Å². The van der Waals surface area contributed by atoms with E-state index < -0.39 is 30.6 Å². The van der Waals surface area contributed by atoms with Crippen LogP contribution in [0.4, 0.5) is 4.39 Å². The molecule has 2 N–H and O–H groups in total. The number of benzene rings is 1. The lowest BCUT2D eigenvalue weighted by atomic mass is 10.3. The van der Waals surface area contributed by atoms with E-state index in [0.717, 1.165) is 28.8 Å². The molecule has 0 aliphatic heterocycles. The highest BCUT2D eigenvalue weighted by molar-refractivity contribution is 7.91. The zero-order valence-electron chi connectivity index (χ0n) is 11.4. The Balaban J connectivity index is 3.28. The number of nitrogens with zero attached hydrogens (tertiary/aromatic N) is 1. The number of sulfone groups is 1. The van der Waals surface area contributed by atoms with Crippen molar-refractivity contribution in [3.05, 3.63) is 24.0 Å². The number of thiocarbonyl (C=S) groups is 1. The summed E-state index contributed by atoms with van der Waals surface area (Å²) in [7, 11) is -6.58. The van der Waals surface area contributed by atoms with Gasteiger partial charge in [0.1, 0.15) is 10.7 Å². The highest BCUT2D eigenvalue weighted by atomic mass is 32.2. The maximum Gasteiger partial charge on any atom is 0.245 e. The molecule has 1 aromatic rings. The lowest BCUT2D eigenvalue weighted by molar-refractivity contribution is 0.470. The van der Waals surface area contributed by atoms with E-state index >= 15 is 0 Å². The average Bonchev–Trinajstić information content (AvgIpc) is 2.34. The first-order valence-electron chi connectivity index (χ1n) is 5.70. The van der Waals surface area contributed by atoms with Crippen LogP contribution in [0.5, 0.6) is 0 Å². The highest BCUT2D eigenvalue weighted by Crippen LogP contribution is 2.22. The molecule has 0 radical (unpaired) electrons. The summed E-state index contributed by atoms with van der Waals surface area (Å²) in [5, 5.41) is 0. The fraction of sp³-hybridized carbons (Fsp3) is 0.364. The number of nitrogens with two attached hydrogens (primary N) is 1. The van der Waals surface area contributed by atoms with Gasteiger partial charge in [0.2, 0.25) is 10.0 Å². The second kappa shape index (κ2) is 6.34. The summed E-state index contributed by atoms with van der Waals surface area (Å²) in [6.07, 6.45) is 1.05. The number of sulfonamides is 1. The van der Waals surface area contributed by atoms with Gasteiger partial charge in [-0.05, 0) is 18.2 Å². The first-order chi connectivity index (χ1) is 9.46. The van der Waals surface area contributed by atoms with Crippen molar-refractivity contribution in [1.82, 2.24) is 4.31 Å². The molecule has 0 aliphatic carbocycles. The van der Waals surface area contributed by atoms with Crippen molar-refractivity contribution >= 4 is 37.1 Å². The minimum absolute atomic E-state index is 0.0276. The Labute approximate surface area is 128 Å². The van der Waals surface area contributed by atoms with Crippen molar-refractivity contribution in [1.29, 1.82) is 0 Å². The fourth-order valence-electron chi connectivity index (χ4n) is 1.47. The van der Waals surface area contributed by atoms with Gasteiger partial charge in [-0.3, -0.25) is 0 Å². The predicted octanol–water partition coefficient (Wildman–Crippen LogP) is 0.526. The molecule has 1 rings (SSSR count). The molecule has 118 valence electrons. The van der Waals surface area contributed by atoms with Gasteiger partial charge in [-0.1, -0.05) is 12.2 Å². The summed E-state index contributed by atoms with van der Waals surface area (Å²) in [6.45, 7) is -0.0276. The molecule has 0 unspecified atom stereocenters. The van der Waals surface area contributed by atoms with Crippen LogP contribution in [0.25, 0.3) is 0 Å².